The van der Waals surface area contributed by atoms with E-state index in [-0.39, 0.29) is 25.1 Å². The van der Waals surface area contributed by atoms with E-state index < -0.39 is 40.3 Å². The van der Waals surface area contributed by atoms with Crippen LogP contribution in [0.25, 0.3) is 0 Å². The number of benzene rings is 1. The Hall–Kier alpha value is -2.36. The van der Waals surface area contributed by atoms with Crippen LogP contribution in [0.5, 0.6) is 0 Å². The van der Waals surface area contributed by atoms with E-state index in [1.807, 2.05) is 0 Å². The van der Waals surface area contributed by atoms with Crippen molar-refractivity contribution in [3.8, 4) is 0 Å². The minimum absolute atomic E-state index is 0.121. The predicted molar refractivity (Wildman–Crippen MR) is 85.3 cm³/mol. The number of carbonyl (C=O) groups excluding carboxylic acids is 2. The number of nitro benzene ring substituents is 1. The van der Waals surface area contributed by atoms with Crippen LogP contribution in [-0.4, -0.2) is 50.4 Å². The number of Topliss-reactive ketones (excluding diaryl/α,β-unsaturated/α-hetero) is 1. The average Bonchev–Trinajstić information content (AvgIpc) is 2.52. The fourth-order valence-electron chi connectivity index (χ4n) is 3.24. The SMILES string of the molecule is CC1(CCO)NC(=O)C1C(C(=O)Cc1ccc([N+](=O)[O-])cc1)C(O)O. The summed E-state index contributed by atoms with van der Waals surface area (Å²) in [5.74, 6) is -3.36. The maximum atomic E-state index is 12.5. The number of aliphatic hydroxyl groups is 3. The van der Waals surface area contributed by atoms with Crippen LogP contribution in [0.1, 0.15) is 18.9 Å². The summed E-state index contributed by atoms with van der Waals surface area (Å²) in [6.07, 6.45) is -2.05. The second kappa shape index (κ2) is 7.26. The second-order valence-electron chi connectivity index (χ2n) is 6.36. The van der Waals surface area contributed by atoms with Gasteiger partial charge in [0.15, 0.2) is 6.29 Å². The summed E-state index contributed by atoms with van der Waals surface area (Å²) < 4.78 is 0. The van der Waals surface area contributed by atoms with Gasteiger partial charge in [0.2, 0.25) is 5.91 Å². The van der Waals surface area contributed by atoms with Crippen LogP contribution in [-0.2, 0) is 16.0 Å². The number of rotatable bonds is 8. The third kappa shape index (κ3) is 3.84. The van der Waals surface area contributed by atoms with Crippen molar-refractivity contribution in [1.82, 2.24) is 5.32 Å². The van der Waals surface area contributed by atoms with E-state index in [1.54, 1.807) is 6.92 Å². The average molecular weight is 352 g/mol. The maximum absolute atomic E-state index is 12.5. The van der Waals surface area contributed by atoms with Gasteiger partial charge in [0.25, 0.3) is 5.69 Å². The van der Waals surface area contributed by atoms with Crippen LogP contribution in [0.15, 0.2) is 24.3 Å². The zero-order chi connectivity index (χ0) is 18.8. The number of carbonyl (C=O) groups is 2. The van der Waals surface area contributed by atoms with Gasteiger partial charge in [-0.15, -0.1) is 0 Å². The van der Waals surface area contributed by atoms with Crippen LogP contribution >= 0.6 is 0 Å². The number of β-lactam (4-membered cyclic amide) rings is 1. The molecule has 0 radical (unpaired) electrons. The van der Waals surface area contributed by atoms with E-state index in [9.17, 15) is 29.9 Å². The molecule has 1 fully saturated rings. The molecule has 1 heterocycles. The molecule has 0 saturated carbocycles. The van der Waals surface area contributed by atoms with Crippen LogP contribution in [0.4, 0.5) is 5.69 Å². The van der Waals surface area contributed by atoms with Gasteiger partial charge >= 0.3 is 0 Å². The minimum Gasteiger partial charge on any atom is -0.396 e. The highest BCUT2D eigenvalue weighted by molar-refractivity contribution is 5.95. The summed E-state index contributed by atoms with van der Waals surface area (Å²) in [6.45, 7) is 1.40. The van der Waals surface area contributed by atoms with Crippen molar-refractivity contribution in [2.45, 2.75) is 31.6 Å². The fraction of sp³-hybridized carbons (Fsp3) is 0.500. The molecule has 4 N–H and O–H groups in total. The van der Waals surface area contributed by atoms with Gasteiger partial charge < -0.3 is 20.6 Å². The topological polar surface area (TPSA) is 150 Å². The molecule has 3 atom stereocenters. The summed E-state index contributed by atoms with van der Waals surface area (Å²) in [5, 5.41) is 41.6. The summed E-state index contributed by atoms with van der Waals surface area (Å²) >= 11 is 0. The van der Waals surface area contributed by atoms with E-state index in [4.69, 9.17) is 5.11 Å². The highest BCUT2D eigenvalue weighted by Gasteiger charge is 2.56. The standard InChI is InChI=1S/C16H20N2O7/c1-16(6-7-19)13(14(21)17-16)12(15(22)23)11(20)8-9-2-4-10(5-3-9)18(24)25/h2-5,12-13,15,19,22-23H,6-8H2,1H3,(H,17,21). The van der Waals surface area contributed by atoms with E-state index in [0.717, 1.165) is 0 Å². The third-order valence-electron chi connectivity index (χ3n) is 4.59. The lowest BCUT2D eigenvalue weighted by molar-refractivity contribution is -0.384. The number of non-ortho nitro benzene ring substituents is 1. The molecule has 1 aliphatic heterocycles. The first-order valence-corrected chi connectivity index (χ1v) is 7.74. The van der Waals surface area contributed by atoms with Gasteiger partial charge in [-0.2, -0.15) is 0 Å². The van der Waals surface area contributed by atoms with E-state index >= 15 is 0 Å². The van der Waals surface area contributed by atoms with Crippen LogP contribution in [0, 0.1) is 22.0 Å². The molecule has 1 aromatic carbocycles. The van der Waals surface area contributed by atoms with Crippen molar-refractivity contribution >= 4 is 17.4 Å². The molecule has 0 aliphatic carbocycles. The fourth-order valence-corrected chi connectivity index (χ4v) is 3.24. The van der Waals surface area contributed by atoms with Crippen molar-refractivity contribution in [3.05, 3.63) is 39.9 Å². The molecule has 3 unspecified atom stereocenters. The number of hydrogen-bond acceptors (Lipinski definition) is 7. The number of amides is 1. The Morgan fingerprint density at radius 3 is 2.40 bits per heavy atom. The van der Waals surface area contributed by atoms with E-state index in [2.05, 4.69) is 5.32 Å². The molecular weight excluding hydrogens is 332 g/mol. The highest BCUT2D eigenvalue weighted by atomic mass is 16.6. The zero-order valence-electron chi connectivity index (χ0n) is 13.6. The van der Waals surface area contributed by atoms with Crippen molar-refractivity contribution in [1.29, 1.82) is 0 Å². The Morgan fingerprint density at radius 2 is 1.96 bits per heavy atom. The molecule has 1 amide bonds. The first kappa shape index (κ1) is 19.0. The molecule has 9 nitrogen and oxygen atoms in total. The highest BCUT2D eigenvalue weighted by Crippen LogP contribution is 2.38. The Balaban J connectivity index is 2.18. The Kier molecular flexibility index (Phi) is 5.51. The molecular formula is C16H20N2O7. The molecule has 1 aliphatic rings. The van der Waals surface area contributed by atoms with Gasteiger partial charge in [-0.25, -0.2) is 0 Å². The van der Waals surface area contributed by atoms with Crippen LogP contribution < -0.4 is 5.32 Å². The minimum atomic E-state index is -2.03. The monoisotopic (exact) mass is 352 g/mol. The van der Waals surface area contributed by atoms with Crippen molar-refractivity contribution in [3.63, 3.8) is 0 Å². The normalized spacial score (nSPS) is 23.7. The van der Waals surface area contributed by atoms with Gasteiger partial charge in [0.1, 0.15) is 5.78 Å². The molecule has 0 spiro atoms. The predicted octanol–water partition coefficient (Wildman–Crippen LogP) is -0.480. The van der Waals surface area contributed by atoms with E-state index in [1.165, 1.54) is 24.3 Å². The summed E-state index contributed by atoms with van der Waals surface area (Å²) in [4.78, 5) is 34.5. The zero-order valence-corrected chi connectivity index (χ0v) is 13.6. The summed E-state index contributed by atoms with van der Waals surface area (Å²) in [7, 11) is 0. The number of aliphatic hydroxyl groups excluding tert-OH is 2. The van der Waals surface area contributed by atoms with Gasteiger partial charge in [-0.1, -0.05) is 12.1 Å². The van der Waals surface area contributed by atoms with Crippen LogP contribution in [0.3, 0.4) is 0 Å². The van der Waals surface area contributed by atoms with Gasteiger partial charge in [0.05, 0.1) is 22.3 Å². The molecule has 9 heteroatoms. The second-order valence-corrected chi connectivity index (χ2v) is 6.36. The Bertz CT molecular complexity index is 674. The smallest absolute Gasteiger partial charge is 0.269 e. The quantitative estimate of drug-likeness (QED) is 0.213. The lowest BCUT2D eigenvalue weighted by atomic mass is 9.66. The maximum Gasteiger partial charge on any atom is 0.269 e. The van der Waals surface area contributed by atoms with Crippen molar-refractivity contribution in [2.75, 3.05) is 6.61 Å². The number of nitrogens with zero attached hydrogens (tertiary/aromatic N) is 1. The van der Waals surface area contributed by atoms with Gasteiger partial charge in [-0.3, -0.25) is 19.7 Å². The first-order valence-electron chi connectivity index (χ1n) is 7.74. The molecule has 25 heavy (non-hydrogen) atoms. The summed E-state index contributed by atoms with van der Waals surface area (Å²) in [5.41, 5.74) is -0.556. The van der Waals surface area contributed by atoms with Crippen molar-refractivity contribution in [2.24, 2.45) is 11.8 Å². The lowest BCUT2D eigenvalue weighted by Gasteiger charge is -2.50. The van der Waals surface area contributed by atoms with Crippen LogP contribution in [0.2, 0.25) is 0 Å². The molecule has 1 aromatic rings. The molecule has 136 valence electrons. The molecule has 1 saturated heterocycles. The summed E-state index contributed by atoms with van der Waals surface area (Å²) in [6, 6.07) is 5.31. The molecule has 0 aromatic heterocycles. The number of hydrogen-bond donors (Lipinski definition) is 4. The van der Waals surface area contributed by atoms with Gasteiger partial charge in [0, 0.05) is 25.2 Å². The first-order chi connectivity index (χ1) is 11.7. The number of nitro groups is 1. The third-order valence-corrected chi connectivity index (χ3v) is 4.59. The largest absolute Gasteiger partial charge is 0.396 e. The Morgan fingerprint density at radius 1 is 1.36 bits per heavy atom. The molecule has 2 rings (SSSR count). The van der Waals surface area contributed by atoms with Crippen molar-refractivity contribution < 1.29 is 29.8 Å². The Labute approximate surface area is 143 Å². The van der Waals surface area contributed by atoms with Gasteiger partial charge in [-0.05, 0) is 18.9 Å². The lowest BCUT2D eigenvalue weighted by Crippen LogP contribution is -2.71. The molecule has 0 bridgehead atoms. The number of ketones is 1. The number of nitrogens with one attached hydrogen (secondary N) is 1. The van der Waals surface area contributed by atoms with E-state index in [0.29, 0.717) is 5.56 Å².